The van der Waals surface area contributed by atoms with Gasteiger partial charge in [-0.05, 0) is 6.92 Å². The van der Waals surface area contributed by atoms with Crippen LogP contribution in [0.4, 0.5) is 5.13 Å². The van der Waals surface area contributed by atoms with Crippen molar-refractivity contribution < 1.29 is 10.2 Å². The van der Waals surface area contributed by atoms with Crippen molar-refractivity contribution in [1.29, 1.82) is 0 Å². The summed E-state index contributed by atoms with van der Waals surface area (Å²) in [4.78, 5) is 0. The van der Waals surface area contributed by atoms with Gasteiger partial charge in [0.25, 0.3) is 0 Å². The Labute approximate surface area is 74.1 Å². The molecule has 0 aromatic carbocycles. The van der Waals surface area contributed by atoms with E-state index in [0.717, 1.165) is 5.01 Å². The fraction of sp³-hybridized carbons (Fsp3) is 0.667. The van der Waals surface area contributed by atoms with Crippen LogP contribution < -0.4 is 5.32 Å². The second kappa shape index (κ2) is 4.34. The van der Waals surface area contributed by atoms with Crippen molar-refractivity contribution in [3.63, 3.8) is 0 Å². The van der Waals surface area contributed by atoms with Crippen LogP contribution in [0.1, 0.15) is 5.01 Å². The molecule has 0 spiro atoms. The molecule has 0 unspecified atom stereocenters. The van der Waals surface area contributed by atoms with Crippen molar-refractivity contribution in [2.45, 2.75) is 13.0 Å². The highest BCUT2D eigenvalue weighted by Gasteiger charge is 2.07. The maximum Gasteiger partial charge on any atom is 0.206 e. The van der Waals surface area contributed by atoms with E-state index in [1.165, 1.54) is 11.3 Å². The lowest BCUT2D eigenvalue weighted by atomic mass is 10.3. The first-order valence-corrected chi connectivity index (χ1v) is 4.36. The van der Waals surface area contributed by atoms with Gasteiger partial charge in [0.2, 0.25) is 5.13 Å². The third-order valence-electron chi connectivity index (χ3n) is 1.29. The monoisotopic (exact) mass is 189 g/mol. The summed E-state index contributed by atoms with van der Waals surface area (Å²) in [5.74, 6) is 0. The average Bonchev–Trinajstić information content (AvgIpc) is 2.47. The van der Waals surface area contributed by atoms with Gasteiger partial charge in [0, 0.05) is 0 Å². The Morgan fingerprint density at radius 1 is 1.42 bits per heavy atom. The van der Waals surface area contributed by atoms with E-state index in [0.29, 0.717) is 5.13 Å². The molecule has 1 aromatic rings. The summed E-state index contributed by atoms with van der Waals surface area (Å²) in [5, 5.41) is 29.3. The number of aryl methyl sites for hydroxylation is 1. The molecule has 0 radical (unpaired) electrons. The van der Waals surface area contributed by atoms with E-state index in [1.807, 2.05) is 6.92 Å². The Kier molecular flexibility index (Phi) is 3.39. The molecule has 0 saturated carbocycles. The Bertz CT molecular complexity index is 236. The number of hydrogen-bond donors (Lipinski definition) is 3. The SMILES string of the molecule is Cc1nnc(NC(CO)CO)s1. The Morgan fingerprint density at radius 3 is 2.50 bits per heavy atom. The zero-order valence-corrected chi connectivity index (χ0v) is 7.51. The van der Waals surface area contributed by atoms with Crippen molar-refractivity contribution in [1.82, 2.24) is 10.2 Å². The van der Waals surface area contributed by atoms with Gasteiger partial charge in [0.15, 0.2) is 0 Å². The summed E-state index contributed by atoms with van der Waals surface area (Å²) in [6.07, 6.45) is 0. The van der Waals surface area contributed by atoms with Crippen LogP contribution in [0.5, 0.6) is 0 Å². The molecule has 0 atom stereocenters. The fourth-order valence-corrected chi connectivity index (χ4v) is 1.35. The maximum atomic E-state index is 8.73. The van der Waals surface area contributed by atoms with Crippen LogP contribution in [0.3, 0.4) is 0 Å². The Balaban J connectivity index is 2.50. The first-order chi connectivity index (χ1) is 5.76. The van der Waals surface area contributed by atoms with E-state index < -0.39 is 0 Å². The first-order valence-electron chi connectivity index (χ1n) is 3.54. The van der Waals surface area contributed by atoms with Gasteiger partial charge in [-0.15, -0.1) is 10.2 Å². The molecule has 1 aromatic heterocycles. The lowest BCUT2D eigenvalue weighted by molar-refractivity contribution is 0.204. The summed E-state index contributed by atoms with van der Waals surface area (Å²) in [7, 11) is 0. The Morgan fingerprint density at radius 2 is 2.08 bits per heavy atom. The number of aliphatic hydroxyl groups excluding tert-OH is 2. The molecule has 0 fully saturated rings. The summed E-state index contributed by atoms with van der Waals surface area (Å²) in [5.41, 5.74) is 0. The van der Waals surface area contributed by atoms with Gasteiger partial charge in [0.05, 0.1) is 19.3 Å². The normalized spacial score (nSPS) is 10.7. The minimum absolute atomic E-state index is 0.116. The molecule has 68 valence electrons. The largest absolute Gasteiger partial charge is 0.394 e. The van der Waals surface area contributed by atoms with Crippen molar-refractivity contribution >= 4 is 16.5 Å². The highest BCUT2D eigenvalue weighted by molar-refractivity contribution is 7.15. The minimum Gasteiger partial charge on any atom is -0.394 e. The number of rotatable bonds is 4. The van der Waals surface area contributed by atoms with Gasteiger partial charge >= 0.3 is 0 Å². The zero-order chi connectivity index (χ0) is 8.97. The molecule has 0 aliphatic heterocycles. The fourth-order valence-electron chi connectivity index (χ4n) is 0.679. The smallest absolute Gasteiger partial charge is 0.206 e. The van der Waals surface area contributed by atoms with Gasteiger partial charge in [0.1, 0.15) is 5.01 Å². The van der Waals surface area contributed by atoms with E-state index in [9.17, 15) is 0 Å². The highest BCUT2D eigenvalue weighted by atomic mass is 32.1. The predicted octanol–water partition coefficient (Wildman–Crippen LogP) is -0.388. The molecule has 3 N–H and O–H groups in total. The highest BCUT2D eigenvalue weighted by Crippen LogP contribution is 2.14. The molecule has 12 heavy (non-hydrogen) atoms. The lowest BCUT2D eigenvalue weighted by Gasteiger charge is -2.10. The molecule has 0 aliphatic carbocycles. The predicted molar refractivity (Wildman–Crippen MR) is 46.2 cm³/mol. The number of nitrogens with zero attached hydrogens (tertiary/aromatic N) is 2. The lowest BCUT2D eigenvalue weighted by Crippen LogP contribution is -2.27. The second-order valence-corrected chi connectivity index (χ2v) is 3.51. The molecule has 0 bridgehead atoms. The minimum atomic E-state index is -0.350. The molecule has 0 aliphatic rings. The topological polar surface area (TPSA) is 78.3 Å². The Hall–Kier alpha value is -0.720. The molecule has 5 nitrogen and oxygen atoms in total. The van der Waals surface area contributed by atoms with Crippen molar-refractivity contribution in [3.8, 4) is 0 Å². The second-order valence-electron chi connectivity index (χ2n) is 2.33. The van der Waals surface area contributed by atoms with E-state index in [1.54, 1.807) is 0 Å². The number of anilines is 1. The summed E-state index contributed by atoms with van der Waals surface area (Å²) in [6, 6.07) is -0.350. The number of aliphatic hydroxyl groups is 2. The quantitative estimate of drug-likeness (QED) is 0.601. The van der Waals surface area contributed by atoms with Crippen LogP contribution in [0.2, 0.25) is 0 Å². The van der Waals surface area contributed by atoms with Crippen molar-refractivity contribution in [3.05, 3.63) is 5.01 Å². The van der Waals surface area contributed by atoms with E-state index in [-0.39, 0.29) is 19.3 Å². The van der Waals surface area contributed by atoms with Gasteiger partial charge in [-0.1, -0.05) is 11.3 Å². The summed E-state index contributed by atoms with van der Waals surface area (Å²) >= 11 is 1.39. The van der Waals surface area contributed by atoms with Crippen LogP contribution in [-0.4, -0.2) is 39.7 Å². The van der Waals surface area contributed by atoms with Crippen molar-refractivity contribution in [2.24, 2.45) is 0 Å². The van der Waals surface area contributed by atoms with Crippen LogP contribution >= 0.6 is 11.3 Å². The molecule has 6 heteroatoms. The van der Waals surface area contributed by atoms with Crippen LogP contribution in [0.25, 0.3) is 0 Å². The molecular formula is C6H11N3O2S. The van der Waals surface area contributed by atoms with Crippen LogP contribution in [-0.2, 0) is 0 Å². The molecular weight excluding hydrogens is 178 g/mol. The van der Waals surface area contributed by atoms with Gasteiger partial charge < -0.3 is 15.5 Å². The zero-order valence-electron chi connectivity index (χ0n) is 6.69. The van der Waals surface area contributed by atoms with E-state index >= 15 is 0 Å². The molecule has 1 heterocycles. The first kappa shape index (κ1) is 9.37. The number of aromatic nitrogens is 2. The standard InChI is InChI=1S/C6H11N3O2S/c1-4-8-9-6(12-4)7-5(2-10)3-11/h5,10-11H,2-3H2,1H3,(H,7,9). The van der Waals surface area contributed by atoms with Crippen LogP contribution in [0.15, 0.2) is 0 Å². The van der Waals surface area contributed by atoms with E-state index in [2.05, 4.69) is 15.5 Å². The van der Waals surface area contributed by atoms with E-state index in [4.69, 9.17) is 10.2 Å². The maximum absolute atomic E-state index is 8.73. The average molecular weight is 189 g/mol. The number of nitrogens with one attached hydrogen (secondary N) is 1. The van der Waals surface area contributed by atoms with Gasteiger partial charge in [-0.25, -0.2) is 0 Å². The molecule has 0 saturated heterocycles. The summed E-state index contributed by atoms with van der Waals surface area (Å²) in [6.45, 7) is 1.61. The third-order valence-corrected chi connectivity index (χ3v) is 2.06. The molecule has 1 rings (SSSR count). The van der Waals surface area contributed by atoms with Gasteiger partial charge in [-0.2, -0.15) is 0 Å². The number of hydrogen-bond acceptors (Lipinski definition) is 6. The van der Waals surface area contributed by atoms with Crippen LogP contribution in [0, 0.1) is 6.92 Å². The molecule has 0 amide bonds. The third kappa shape index (κ3) is 2.40. The summed E-state index contributed by atoms with van der Waals surface area (Å²) < 4.78 is 0. The van der Waals surface area contributed by atoms with Gasteiger partial charge in [-0.3, -0.25) is 0 Å². The van der Waals surface area contributed by atoms with Crippen molar-refractivity contribution in [2.75, 3.05) is 18.5 Å².